The van der Waals surface area contributed by atoms with Crippen molar-refractivity contribution in [2.45, 2.75) is 20.4 Å². The summed E-state index contributed by atoms with van der Waals surface area (Å²) < 4.78 is 25.5. The van der Waals surface area contributed by atoms with Crippen LogP contribution in [0.5, 0.6) is 11.5 Å². The van der Waals surface area contributed by atoms with Gasteiger partial charge in [0.2, 0.25) is 0 Å². The fourth-order valence-corrected chi connectivity index (χ4v) is 4.75. The second-order valence-electron chi connectivity index (χ2n) is 8.90. The lowest BCUT2D eigenvalue weighted by molar-refractivity contribution is 0.0951. The largest absolute Gasteiger partial charge is 0.457 e. The summed E-state index contributed by atoms with van der Waals surface area (Å²) in [5.41, 5.74) is 10.5. The molecule has 3 N–H and O–H groups in total. The van der Waals surface area contributed by atoms with Crippen molar-refractivity contribution in [1.29, 1.82) is 0 Å². The van der Waals surface area contributed by atoms with Gasteiger partial charge in [0.25, 0.3) is 5.91 Å². The average Bonchev–Trinajstić information content (AvgIpc) is 3.40. The first kappa shape index (κ1) is 21.9. The minimum atomic E-state index is -0.356. The van der Waals surface area contributed by atoms with Gasteiger partial charge in [0.15, 0.2) is 0 Å². The van der Waals surface area contributed by atoms with E-state index in [1.807, 2.05) is 44.2 Å². The number of aromatic nitrogens is 1. The molecule has 0 radical (unpaired) electrons. The van der Waals surface area contributed by atoms with E-state index in [0.717, 1.165) is 49.5 Å². The predicted octanol–water partition coefficient (Wildman–Crippen LogP) is 6.63. The van der Waals surface area contributed by atoms with Crippen LogP contribution >= 0.6 is 0 Å². The number of carbonyl (C=O) groups is 1. The van der Waals surface area contributed by atoms with E-state index in [1.165, 1.54) is 12.1 Å². The molecule has 3 aromatic heterocycles. The van der Waals surface area contributed by atoms with Crippen molar-refractivity contribution in [3.63, 3.8) is 0 Å². The lowest BCUT2D eigenvalue weighted by Gasteiger charge is -2.11. The molecular weight excluding hydrogens is 457 g/mol. The quantitative estimate of drug-likeness (QED) is 0.271. The molecule has 0 aliphatic heterocycles. The number of nitrogens with two attached hydrogens (primary N) is 1. The molecule has 7 heteroatoms. The Kier molecular flexibility index (Phi) is 5.00. The normalized spacial score (nSPS) is 11.5. The number of furan rings is 2. The van der Waals surface area contributed by atoms with Gasteiger partial charge in [-0.25, -0.2) is 9.37 Å². The van der Waals surface area contributed by atoms with Gasteiger partial charge >= 0.3 is 0 Å². The number of halogens is 1. The van der Waals surface area contributed by atoms with Crippen molar-refractivity contribution in [1.82, 2.24) is 10.3 Å². The Morgan fingerprint density at radius 3 is 2.42 bits per heavy atom. The number of benzene rings is 4. The average molecular weight is 480 g/mol. The fourth-order valence-electron chi connectivity index (χ4n) is 4.75. The molecule has 0 aliphatic carbocycles. The molecule has 6 aromatic rings. The monoisotopic (exact) mass is 479 g/mol. The third kappa shape index (κ3) is 3.65. The Balaban J connectivity index is 1.29. The van der Waals surface area contributed by atoms with E-state index in [4.69, 9.17) is 14.9 Å². The molecule has 1 amide bonds. The Bertz CT molecular complexity index is 1770. The Hall–Kier alpha value is -4.65. The van der Waals surface area contributed by atoms with Crippen LogP contribution in [0.4, 0.5) is 10.2 Å². The maximum atomic E-state index is 13.5. The lowest BCUT2D eigenvalue weighted by atomic mass is 10.0. The highest BCUT2D eigenvalue weighted by molar-refractivity contribution is 6.26. The minimum absolute atomic E-state index is 0.180. The summed E-state index contributed by atoms with van der Waals surface area (Å²) in [6.45, 7) is 4.20. The highest BCUT2D eigenvalue weighted by atomic mass is 19.1. The maximum absolute atomic E-state index is 13.5. The number of ether oxygens (including phenoxy) is 1. The summed E-state index contributed by atoms with van der Waals surface area (Å²) >= 11 is 0. The minimum Gasteiger partial charge on any atom is -0.457 e. The first-order valence-electron chi connectivity index (χ1n) is 11.5. The number of nitrogens with one attached hydrogen (secondary N) is 1. The highest BCUT2D eigenvalue weighted by Crippen LogP contribution is 2.42. The summed E-state index contributed by atoms with van der Waals surface area (Å²) in [5.74, 6) is 0.944. The van der Waals surface area contributed by atoms with Gasteiger partial charge in [0, 0.05) is 45.4 Å². The van der Waals surface area contributed by atoms with Crippen LogP contribution in [0.1, 0.15) is 27.2 Å². The van der Waals surface area contributed by atoms with Crippen molar-refractivity contribution < 1.29 is 18.3 Å². The molecule has 3 heterocycles. The Labute approximate surface area is 205 Å². The van der Waals surface area contributed by atoms with Crippen LogP contribution in [0.3, 0.4) is 0 Å². The van der Waals surface area contributed by atoms with Crippen molar-refractivity contribution in [3.8, 4) is 11.5 Å². The number of amides is 1. The smallest absolute Gasteiger partial charge is 0.251 e. The van der Waals surface area contributed by atoms with Gasteiger partial charge in [-0.2, -0.15) is 0 Å². The first-order valence-corrected chi connectivity index (χ1v) is 11.5. The molecule has 0 spiro atoms. The number of rotatable bonds is 5. The number of fused-ring (bicyclic) bond motifs is 8. The molecule has 0 atom stereocenters. The number of carbonyl (C=O) groups excluding carboxylic acids is 1. The summed E-state index contributed by atoms with van der Waals surface area (Å²) in [6, 6.07) is 19.0. The number of nitrogens with zero attached hydrogens (tertiary/aromatic N) is 1. The van der Waals surface area contributed by atoms with Gasteiger partial charge < -0.3 is 20.2 Å². The number of pyridine rings is 1. The summed E-state index contributed by atoms with van der Waals surface area (Å²) in [4.78, 5) is 17.2. The maximum Gasteiger partial charge on any atom is 0.251 e. The van der Waals surface area contributed by atoms with Gasteiger partial charge in [0.1, 0.15) is 34.3 Å². The number of anilines is 1. The second-order valence-corrected chi connectivity index (χ2v) is 8.90. The fraction of sp³-hybridized carbons (Fsp3) is 0.103. The molecule has 0 saturated heterocycles. The van der Waals surface area contributed by atoms with Gasteiger partial charge in [-0.1, -0.05) is 6.07 Å². The molecule has 0 fully saturated rings. The number of aryl methyl sites for hydroxylation is 2. The molecule has 6 rings (SSSR count). The molecular formula is C29H22FN3O3. The summed E-state index contributed by atoms with van der Waals surface area (Å²) in [7, 11) is 0. The van der Waals surface area contributed by atoms with Gasteiger partial charge in [-0.05, 0) is 79.6 Å². The van der Waals surface area contributed by atoms with Crippen molar-refractivity contribution in [2.75, 3.05) is 5.73 Å². The third-order valence-electron chi connectivity index (χ3n) is 6.49. The molecule has 0 unspecified atom stereocenters. The molecule has 0 saturated carbocycles. The molecule has 3 aromatic carbocycles. The standard InChI is InChI=1S/C29H22FN3O3/c1-15-10-26(31)33-16(2)25(15)14-32-29(34)17-6-8-21-23(11-17)27-22-9-7-20(13-24(22)28(21)36-27)35-19-5-3-4-18(30)12-19/h3-13H,14H2,1-2H3,(H2,31,33)(H,32,34). The highest BCUT2D eigenvalue weighted by Gasteiger charge is 2.20. The molecule has 2 bridgehead atoms. The summed E-state index contributed by atoms with van der Waals surface area (Å²) in [6.07, 6.45) is 0. The zero-order chi connectivity index (χ0) is 25.0. The van der Waals surface area contributed by atoms with Crippen molar-refractivity contribution >= 4 is 44.4 Å². The van der Waals surface area contributed by atoms with Crippen LogP contribution in [-0.4, -0.2) is 10.9 Å². The Morgan fingerprint density at radius 2 is 1.67 bits per heavy atom. The van der Waals surface area contributed by atoms with E-state index < -0.39 is 0 Å². The second kappa shape index (κ2) is 8.23. The molecule has 178 valence electrons. The zero-order valence-corrected chi connectivity index (χ0v) is 19.7. The molecule has 0 aliphatic rings. The van der Waals surface area contributed by atoms with E-state index in [1.54, 1.807) is 24.3 Å². The topological polar surface area (TPSA) is 90.4 Å². The van der Waals surface area contributed by atoms with E-state index in [2.05, 4.69) is 10.3 Å². The van der Waals surface area contributed by atoms with E-state index >= 15 is 0 Å². The number of nitrogen functional groups attached to an aromatic ring is 1. The SMILES string of the molecule is Cc1cc(N)nc(C)c1CNC(=O)c1ccc2c(c1)c1oc2c2cc(Oc3cccc(F)c3)ccc21. The van der Waals surface area contributed by atoms with E-state index in [0.29, 0.717) is 29.4 Å². The van der Waals surface area contributed by atoms with Crippen LogP contribution in [0.2, 0.25) is 0 Å². The van der Waals surface area contributed by atoms with Crippen LogP contribution in [-0.2, 0) is 6.54 Å². The van der Waals surface area contributed by atoms with Gasteiger partial charge in [-0.3, -0.25) is 4.79 Å². The van der Waals surface area contributed by atoms with Gasteiger partial charge in [0.05, 0.1) is 0 Å². The first-order chi connectivity index (χ1) is 17.4. The number of hydrogen-bond donors (Lipinski definition) is 2. The molecule has 36 heavy (non-hydrogen) atoms. The van der Waals surface area contributed by atoms with Crippen LogP contribution in [0, 0.1) is 19.7 Å². The molecule has 6 nitrogen and oxygen atoms in total. The van der Waals surface area contributed by atoms with E-state index in [-0.39, 0.29) is 11.7 Å². The third-order valence-corrected chi connectivity index (χ3v) is 6.49. The van der Waals surface area contributed by atoms with Crippen LogP contribution < -0.4 is 15.8 Å². The predicted molar refractivity (Wildman–Crippen MR) is 138 cm³/mol. The number of hydrogen-bond acceptors (Lipinski definition) is 5. The van der Waals surface area contributed by atoms with Gasteiger partial charge in [-0.15, -0.1) is 0 Å². The van der Waals surface area contributed by atoms with E-state index in [9.17, 15) is 9.18 Å². The van der Waals surface area contributed by atoms with Crippen molar-refractivity contribution in [3.05, 3.63) is 94.9 Å². The van der Waals surface area contributed by atoms with Crippen LogP contribution in [0.25, 0.3) is 32.7 Å². The Morgan fingerprint density at radius 1 is 0.944 bits per heavy atom. The van der Waals surface area contributed by atoms with Crippen molar-refractivity contribution in [2.24, 2.45) is 0 Å². The van der Waals surface area contributed by atoms with Crippen LogP contribution in [0.15, 0.2) is 71.1 Å². The summed E-state index contributed by atoms with van der Waals surface area (Å²) in [5, 5.41) is 6.63. The zero-order valence-electron chi connectivity index (χ0n) is 19.7. The lowest BCUT2D eigenvalue weighted by Crippen LogP contribution is -2.24.